The fourth-order valence-corrected chi connectivity index (χ4v) is 2.53. The lowest BCUT2D eigenvalue weighted by Gasteiger charge is -2.36. The first-order valence-corrected chi connectivity index (χ1v) is 7.76. The zero-order valence-corrected chi connectivity index (χ0v) is 13.6. The smallest absolute Gasteiger partial charge is 0.270 e. The molecule has 0 bridgehead atoms. The number of hydrogen-bond donors (Lipinski definition) is 1. The molecule has 1 aliphatic rings. The van der Waals surface area contributed by atoms with Crippen LogP contribution in [0.1, 0.15) is 24.3 Å². The van der Waals surface area contributed by atoms with Gasteiger partial charge in [-0.05, 0) is 26.0 Å². The zero-order chi connectivity index (χ0) is 16.1. The third-order valence-corrected chi connectivity index (χ3v) is 3.99. The van der Waals surface area contributed by atoms with Crippen molar-refractivity contribution in [2.45, 2.75) is 19.9 Å². The zero-order valence-electron chi connectivity index (χ0n) is 12.9. The molecule has 1 N–H and O–H groups in total. The number of carbonyl (C=O) groups excluding carboxylic acids is 2. The summed E-state index contributed by atoms with van der Waals surface area (Å²) in [6.07, 6.45) is 1.46. The van der Waals surface area contributed by atoms with E-state index in [1.165, 1.54) is 12.3 Å². The predicted octanol–water partition coefficient (Wildman–Crippen LogP) is 1.02. The van der Waals surface area contributed by atoms with Crippen LogP contribution in [0.5, 0.6) is 0 Å². The van der Waals surface area contributed by atoms with E-state index in [1.54, 1.807) is 11.0 Å². The highest BCUT2D eigenvalue weighted by Gasteiger charge is 2.22. The number of amides is 2. The van der Waals surface area contributed by atoms with Crippen molar-refractivity contribution in [3.63, 3.8) is 0 Å². The third-order valence-electron chi connectivity index (χ3n) is 3.75. The molecule has 0 unspecified atom stereocenters. The molecule has 0 aliphatic carbocycles. The van der Waals surface area contributed by atoms with Gasteiger partial charge in [-0.15, -0.1) is 0 Å². The van der Waals surface area contributed by atoms with Crippen LogP contribution >= 0.6 is 11.6 Å². The summed E-state index contributed by atoms with van der Waals surface area (Å²) in [5.74, 6) is -0.463. The van der Waals surface area contributed by atoms with Gasteiger partial charge in [-0.1, -0.05) is 11.6 Å². The van der Waals surface area contributed by atoms with Gasteiger partial charge in [-0.2, -0.15) is 0 Å². The van der Waals surface area contributed by atoms with Crippen molar-refractivity contribution in [3.8, 4) is 0 Å². The summed E-state index contributed by atoms with van der Waals surface area (Å²) in [4.78, 5) is 32.1. The molecule has 1 aromatic rings. The highest BCUT2D eigenvalue weighted by Crippen LogP contribution is 2.08. The van der Waals surface area contributed by atoms with Gasteiger partial charge in [0.15, 0.2) is 0 Å². The fourth-order valence-electron chi connectivity index (χ4n) is 2.37. The molecule has 0 atom stereocenters. The number of aromatic nitrogens is 1. The number of rotatable bonds is 4. The maximum atomic E-state index is 12.1. The van der Waals surface area contributed by atoms with Crippen LogP contribution in [0.4, 0.5) is 0 Å². The fraction of sp³-hybridized carbons (Fsp3) is 0.533. The van der Waals surface area contributed by atoms with Crippen LogP contribution in [0.2, 0.25) is 5.02 Å². The molecule has 0 saturated carbocycles. The van der Waals surface area contributed by atoms with Crippen molar-refractivity contribution in [2.75, 3.05) is 32.7 Å². The number of carbonyl (C=O) groups is 2. The molecule has 2 rings (SSSR count). The van der Waals surface area contributed by atoms with E-state index in [0.717, 1.165) is 13.1 Å². The van der Waals surface area contributed by atoms with E-state index in [2.05, 4.69) is 29.0 Å². The van der Waals surface area contributed by atoms with Crippen LogP contribution in [0.15, 0.2) is 18.3 Å². The van der Waals surface area contributed by atoms with E-state index >= 15 is 0 Å². The highest BCUT2D eigenvalue weighted by molar-refractivity contribution is 6.30. The van der Waals surface area contributed by atoms with Crippen LogP contribution < -0.4 is 5.32 Å². The lowest BCUT2D eigenvalue weighted by atomic mass is 10.2. The topological polar surface area (TPSA) is 65.5 Å². The van der Waals surface area contributed by atoms with Crippen LogP contribution in [-0.4, -0.2) is 65.4 Å². The molecule has 22 heavy (non-hydrogen) atoms. The minimum Gasteiger partial charge on any atom is -0.342 e. The normalized spacial score (nSPS) is 15.9. The van der Waals surface area contributed by atoms with Gasteiger partial charge in [0.25, 0.3) is 5.91 Å². The largest absolute Gasteiger partial charge is 0.342 e. The van der Waals surface area contributed by atoms with Crippen LogP contribution in [0.25, 0.3) is 0 Å². The molecule has 0 radical (unpaired) electrons. The molecule has 0 spiro atoms. The molecule has 1 fully saturated rings. The predicted molar refractivity (Wildman–Crippen MR) is 84.9 cm³/mol. The first kappa shape index (κ1) is 16.7. The summed E-state index contributed by atoms with van der Waals surface area (Å²) in [6.45, 7) is 7.41. The van der Waals surface area contributed by atoms with Crippen molar-refractivity contribution in [1.82, 2.24) is 20.1 Å². The molecular formula is C15H21ClN4O2. The molecule has 1 saturated heterocycles. The Bertz CT molecular complexity index is 542. The van der Waals surface area contributed by atoms with Gasteiger partial charge in [0.05, 0.1) is 6.54 Å². The van der Waals surface area contributed by atoms with Gasteiger partial charge in [0, 0.05) is 43.4 Å². The third kappa shape index (κ3) is 4.42. The number of nitrogens with zero attached hydrogens (tertiary/aromatic N) is 3. The van der Waals surface area contributed by atoms with Crippen molar-refractivity contribution in [3.05, 3.63) is 29.0 Å². The maximum absolute atomic E-state index is 12.1. The minimum atomic E-state index is -0.392. The molecule has 7 heteroatoms. The number of piperazine rings is 1. The minimum absolute atomic E-state index is 0.0191. The van der Waals surface area contributed by atoms with Crippen LogP contribution in [0, 0.1) is 0 Å². The number of hydrogen-bond acceptors (Lipinski definition) is 4. The summed E-state index contributed by atoms with van der Waals surface area (Å²) in [6, 6.07) is 3.56. The average molecular weight is 325 g/mol. The van der Waals surface area contributed by atoms with E-state index in [-0.39, 0.29) is 18.1 Å². The molecule has 1 aliphatic heterocycles. The lowest BCUT2D eigenvalue weighted by molar-refractivity contribution is -0.132. The second-order valence-corrected chi connectivity index (χ2v) is 5.99. The van der Waals surface area contributed by atoms with Crippen LogP contribution in [-0.2, 0) is 4.79 Å². The molecule has 0 aromatic carbocycles. The van der Waals surface area contributed by atoms with Gasteiger partial charge in [-0.25, -0.2) is 0 Å². The summed E-state index contributed by atoms with van der Waals surface area (Å²) in [5.41, 5.74) is 0.213. The molecule has 1 aromatic heterocycles. The molecule has 2 heterocycles. The summed E-state index contributed by atoms with van der Waals surface area (Å²) in [5, 5.41) is 3.03. The summed E-state index contributed by atoms with van der Waals surface area (Å²) >= 11 is 5.81. The molecule has 2 amide bonds. The average Bonchev–Trinajstić information content (AvgIpc) is 2.52. The Hall–Kier alpha value is -1.66. The first-order chi connectivity index (χ1) is 10.5. The van der Waals surface area contributed by atoms with Gasteiger partial charge < -0.3 is 10.2 Å². The quantitative estimate of drug-likeness (QED) is 0.898. The van der Waals surface area contributed by atoms with Crippen LogP contribution in [0.3, 0.4) is 0 Å². The monoisotopic (exact) mass is 324 g/mol. The van der Waals surface area contributed by atoms with Gasteiger partial charge in [0.1, 0.15) is 5.69 Å². The maximum Gasteiger partial charge on any atom is 0.270 e. The van der Waals surface area contributed by atoms with Gasteiger partial charge in [0.2, 0.25) is 5.91 Å². The second kappa shape index (κ2) is 7.56. The number of nitrogens with one attached hydrogen (secondary N) is 1. The Labute approximate surface area is 135 Å². The van der Waals surface area contributed by atoms with Crippen molar-refractivity contribution >= 4 is 23.4 Å². The SMILES string of the molecule is CC(C)N1CCN(C(=O)CNC(=O)c2cc(Cl)ccn2)CC1. The Morgan fingerprint density at radius 1 is 1.32 bits per heavy atom. The molecule has 6 nitrogen and oxygen atoms in total. The number of pyridine rings is 1. The molecular weight excluding hydrogens is 304 g/mol. The molecule has 120 valence electrons. The van der Waals surface area contributed by atoms with Gasteiger partial charge >= 0.3 is 0 Å². The van der Waals surface area contributed by atoms with E-state index in [4.69, 9.17) is 11.6 Å². The standard InChI is InChI=1S/C15H21ClN4O2/c1-11(2)19-5-7-20(8-6-19)14(21)10-18-15(22)13-9-12(16)3-4-17-13/h3-4,9,11H,5-8,10H2,1-2H3,(H,18,22). The van der Waals surface area contributed by atoms with E-state index in [9.17, 15) is 9.59 Å². The first-order valence-electron chi connectivity index (χ1n) is 7.39. The Balaban J connectivity index is 1.80. The Morgan fingerprint density at radius 3 is 2.59 bits per heavy atom. The van der Waals surface area contributed by atoms with E-state index < -0.39 is 5.91 Å². The Morgan fingerprint density at radius 2 is 2.00 bits per heavy atom. The van der Waals surface area contributed by atoms with Crippen molar-refractivity contribution in [2.24, 2.45) is 0 Å². The van der Waals surface area contributed by atoms with E-state index in [0.29, 0.717) is 24.2 Å². The van der Waals surface area contributed by atoms with Gasteiger partial charge in [-0.3, -0.25) is 19.5 Å². The van der Waals surface area contributed by atoms with E-state index in [1.807, 2.05) is 0 Å². The Kier molecular flexibility index (Phi) is 5.74. The number of halogens is 1. The summed E-state index contributed by atoms with van der Waals surface area (Å²) in [7, 11) is 0. The van der Waals surface area contributed by atoms with Crippen molar-refractivity contribution < 1.29 is 9.59 Å². The van der Waals surface area contributed by atoms with Crippen molar-refractivity contribution in [1.29, 1.82) is 0 Å². The second-order valence-electron chi connectivity index (χ2n) is 5.55. The summed E-state index contributed by atoms with van der Waals surface area (Å²) < 4.78 is 0. The lowest BCUT2D eigenvalue weighted by Crippen LogP contribution is -2.52. The highest BCUT2D eigenvalue weighted by atomic mass is 35.5.